The molecule has 1 aromatic heterocycles. The third-order valence-corrected chi connectivity index (χ3v) is 4.96. The molecule has 2 N–H and O–H groups in total. The lowest BCUT2D eigenvalue weighted by Gasteiger charge is -2.40. The minimum atomic E-state index is -0.429. The fraction of sp³-hybridized carbons (Fsp3) is 0.588. The molecule has 6 nitrogen and oxygen atoms in total. The second-order valence-electron chi connectivity index (χ2n) is 5.99. The maximum absolute atomic E-state index is 12.8. The van der Waals surface area contributed by atoms with E-state index < -0.39 is 5.41 Å². The highest BCUT2D eigenvalue weighted by Crippen LogP contribution is 2.28. The van der Waals surface area contributed by atoms with Crippen LogP contribution in [0, 0.1) is 16.7 Å². The number of anilines is 1. The number of nitrogens with zero attached hydrogens (tertiary/aromatic N) is 4. The lowest BCUT2D eigenvalue weighted by molar-refractivity contribution is -0.142. The fourth-order valence-electron chi connectivity index (χ4n) is 3.06. The third kappa shape index (κ3) is 3.45. The molecular formula is C17H25N5O. The predicted molar refractivity (Wildman–Crippen MR) is 89.8 cm³/mol. The van der Waals surface area contributed by atoms with E-state index in [1.54, 1.807) is 18.3 Å². The van der Waals surface area contributed by atoms with Gasteiger partial charge in [-0.05, 0) is 25.0 Å². The van der Waals surface area contributed by atoms with Gasteiger partial charge in [0.15, 0.2) is 0 Å². The standard InChI is InChI=1S/C17H25N5O/c1-3-17(4-2,13-19)16(23)22-9-7-21(8-10-22)15-11-14(12-18)5-6-20-15/h5-6,11H,3-4,7-10,13,19H2,1-2H3. The lowest BCUT2D eigenvalue weighted by Crippen LogP contribution is -2.55. The van der Waals surface area contributed by atoms with Crippen LogP contribution in [0.5, 0.6) is 0 Å². The van der Waals surface area contributed by atoms with E-state index >= 15 is 0 Å². The zero-order chi connectivity index (χ0) is 16.9. The van der Waals surface area contributed by atoms with E-state index in [1.807, 2.05) is 18.7 Å². The molecule has 0 saturated carbocycles. The summed E-state index contributed by atoms with van der Waals surface area (Å²) in [6.07, 6.45) is 3.19. The van der Waals surface area contributed by atoms with E-state index in [-0.39, 0.29) is 5.91 Å². The Hall–Kier alpha value is -2.13. The van der Waals surface area contributed by atoms with Crippen LogP contribution in [-0.2, 0) is 4.79 Å². The number of nitrogens with two attached hydrogens (primary N) is 1. The molecule has 6 heteroatoms. The van der Waals surface area contributed by atoms with Crippen LogP contribution in [0.4, 0.5) is 5.82 Å². The Balaban J connectivity index is 2.03. The van der Waals surface area contributed by atoms with Gasteiger partial charge < -0.3 is 15.5 Å². The van der Waals surface area contributed by atoms with Crippen LogP contribution < -0.4 is 10.6 Å². The third-order valence-electron chi connectivity index (χ3n) is 4.96. The number of carbonyl (C=O) groups is 1. The highest BCUT2D eigenvalue weighted by atomic mass is 16.2. The normalized spacial score (nSPS) is 15.4. The summed E-state index contributed by atoms with van der Waals surface area (Å²) >= 11 is 0. The number of hydrogen-bond donors (Lipinski definition) is 1. The van der Waals surface area contributed by atoms with Crippen molar-refractivity contribution in [2.24, 2.45) is 11.1 Å². The first-order valence-corrected chi connectivity index (χ1v) is 8.20. The van der Waals surface area contributed by atoms with Crippen molar-refractivity contribution >= 4 is 11.7 Å². The predicted octanol–water partition coefficient (Wildman–Crippen LogP) is 1.37. The van der Waals surface area contributed by atoms with Crippen molar-refractivity contribution in [3.63, 3.8) is 0 Å². The van der Waals surface area contributed by atoms with Crippen LogP contribution in [0.1, 0.15) is 32.3 Å². The zero-order valence-electron chi connectivity index (χ0n) is 14.0. The van der Waals surface area contributed by atoms with Crippen LogP contribution in [0.15, 0.2) is 18.3 Å². The average molecular weight is 315 g/mol. The number of hydrogen-bond acceptors (Lipinski definition) is 5. The molecule has 1 aromatic rings. The van der Waals surface area contributed by atoms with Crippen molar-refractivity contribution in [3.05, 3.63) is 23.9 Å². The maximum Gasteiger partial charge on any atom is 0.230 e. The first-order chi connectivity index (χ1) is 11.1. The molecule has 1 aliphatic rings. The van der Waals surface area contributed by atoms with Gasteiger partial charge in [0.2, 0.25) is 5.91 Å². The molecule has 1 saturated heterocycles. The van der Waals surface area contributed by atoms with Crippen LogP contribution >= 0.6 is 0 Å². The van der Waals surface area contributed by atoms with Crippen molar-refractivity contribution < 1.29 is 4.79 Å². The summed E-state index contributed by atoms with van der Waals surface area (Å²) in [6, 6.07) is 5.62. The van der Waals surface area contributed by atoms with Crippen molar-refractivity contribution in [3.8, 4) is 6.07 Å². The molecule has 23 heavy (non-hydrogen) atoms. The summed E-state index contributed by atoms with van der Waals surface area (Å²) in [6.45, 7) is 7.23. The minimum absolute atomic E-state index is 0.170. The molecule has 0 aromatic carbocycles. The van der Waals surface area contributed by atoms with Gasteiger partial charge in [-0.2, -0.15) is 5.26 Å². The summed E-state index contributed by atoms with van der Waals surface area (Å²) in [7, 11) is 0. The highest BCUT2D eigenvalue weighted by Gasteiger charge is 2.37. The van der Waals surface area contributed by atoms with Gasteiger partial charge in [-0.3, -0.25) is 4.79 Å². The Bertz CT molecular complexity index is 575. The lowest BCUT2D eigenvalue weighted by atomic mass is 9.81. The van der Waals surface area contributed by atoms with Crippen LogP contribution in [0.2, 0.25) is 0 Å². The van der Waals surface area contributed by atoms with Crippen LogP contribution in [-0.4, -0.2) is 48.5 Å². The smallest absolute Gasteiger partial charge is 0.230 e. The summed E-state index contributed by atoms with van der Waals surface area (Å²) in [5, 5.41) is 8.99. The highest BCUT2D eigenvalue weighted by molar-refractivity contribution is 5.83. The SMILES string of the molecule is CCC(CC)(CN)C(=O)N1CCN(c2cc(C#N)ccn2)CC1. The van der Waals surface area contributed by atoms with Crippen LogP contribution in [0.3, 0.4) is 0 Å². The molecule has 124 valence electrons. The van der Waals surface area contributed by atoms with Gasteiger partial charge in [-0.15, -0.1) is 0 Å². The van der Waals surface area contributed by atoms with Crippen molar-refractivity contribution in [2.75, 3.05) is 37.6 Å². The number of amides is 1. The number of rotatable bonds is 5. The molecule has 0 spiro atoms. The second-order valence-corrected chi connectivity index (χ2v) is 5.99. The van der Waals surface area contributed by atoms with Crippen LogP contribution in [0.25, 0.3) is 0 Å². The van der Waals surface area contributed by atoms with Gasteiger partial charge in [0, 0.05) is 38.9 Å². The van der Waals surface area contributed by atoms with E-state index in [2.05, 4.69) is 16.0 Å². The van der Waals surface area contributed by atoms with Gasteiger partial charge in [0.05, 0.1) is 17.0 Å². The Kier molecular flexibility index (Phi) is 5.56. The Morgan fingerprint density at radius 1 is 1.35 bits per heavy atom. The van der Waals surface area contributed by atoms with Gasteiger partial charge in [-0.1, -0.05) is 13.8 Å². The van der Waals surface area contributed by atoms with Crippen molar-refractivity contribution in [1.82, 2.24) is 9.88 Å². The number of carbonyl (C=O) groups excluding carboxylic acids is 1. The molecule has 0 bridgehead atoms. The topological polar surface area (TPSA) is 86.3 Å². The monoisotopic (exact) mass is 315 g/mol. The fourth-order valence-corrected chi connectivity index (χ4v) is 3.06. The molecule has 0 radical (unpaired) electrons. The average Bonchev–Trinajstić information content (AvgIpc) is 2.63. The summed E-state index contributed by atoms with van der Waals surface area (Å²) in [5.41, 5.74) is 6.06. The summed E-state index contributed by atoms with van der Waals surface area (Å²) < 4.78 is 0. The molecule has 1 fully saturated rings. The van der Waals surface area contributed by atoms with E-state index in [4.69, 9.17) is 11.0 Å². The molecule has 1 amide bonds. The zero-order valence-corrected chi connectivity index (χ0v) is 14.0. The molecule has 2 heterocycles. The number of piperazine rings is 1. The second kappa shape index (κ2) is 7.42. The summed E-state index contributed by atoms with van der Waals surface area (Å²) in [5.74, 6) is 0.968. The molecular weight excluding hydrogens is 290 g/mol. The first kappa shape index (κ1) is 17.2. The van der Waals surface area contributed by atoms with Gasteiger partial charge in [0.25, 0.3) is 0 Å². The Morgan fingerprint density at radius 3 is 2.52 bits per heavy atom. The van der Waals surface area contributed by atoms with Crippen molar-refractivity contribution in [2.45, 2.75) is 26.7 Å². The minimum Gasteiger partial charge on any atom is -0.353 e. The van der Waals surface area contributed by atoms with Gasteiger partial charge in [0.1, 0.15) is 5.82 Å². The first-order valence-electron chi connectivity index (χ1n) is 8.20. The summed E-state index contributed by atoms with van der Waals surface area (Å²) in [4.78, 5) is 21.2. The largest absolute Gasteiger partial charge is 0.353 e. The maximum atomic E-state index is 12.8. The van der Waals surface area contributed by atoms with E-state index in [0.29, 0.717) is 25.2 Å². The molecule has 0 atom stereocenters. The molecule has 2 rings (SSSR count). The van der Waals surface area contributed by atoms with Crippen molar-refractivity contribution in [1.29, 1.82) is 5.26 Å². The quantitative estimate of drug-likeness (QED) is 0.887. The Morgan fingerprint density at radius 2 is 2.00 bits per heavy atom. The number of pyridine rings is 1. The molecule has 0 aliphatic carbocycles. The Labute approximate surface area is 137 Å². The van der Waals surface area contributed by atoms with Gasteiger partial charge >= 0.3 is 0 Å². The number of nitriles is 1. The molecule has 0 unspecified atom stereocenters. The van der Waals surface area contributed by atoms with E-state index in [0.717, 1.165) is 31.7 Å². The van der Waals surface area contributed by atoms with Gasteiger partial charge in [-0.25, -0.2) is 4.98 Å². The molecule has 1 aliphatic heterocycles. The van der Waals surface area contributed by atoms with E-state index in [1.165, 1.54) is 0 Å². The number of aromatic nitrogens is 1. The van der Waals surface area contributed by atoms with E-state index in [9.17, 15) is 4.79 Å².